The average molecular weight is 347 g/mol. The molecular weight excluding hydrogens is 328 g/mol. The molecule has 0 saturated heterocycles. The molecule has 0 aliphatic heterocycles. The number of amides is 1. The van der Waals surface area contributed by atoms with Crippen LogP contribution in [0.2, 0.25) is 0 Å². The van der Waals surface area contributed by atoms with Crippen molar-refractivity contribution in [2.24, 2.45) is 0 Å². The Hall–Kier alpha value is -1.68. The summed E-state index contributed by atoms with van der Waals surface area (Å²) >= 11 is 3.42. The van der Waals surface area contributed by atoms with Crippen molar-refractivity contribution in [2.45, 2.75) is 32.2 Å². The molecule has 0 saturated carbocycles. The molecular formula is C17H19BrN2O. The van der Waals surface area contributed by atoms with Crippen LogP contribution >= 0.6 is 15.9 Å². The summed E-state index contributed by atoms with van der Waals surface area (Å²) in [6, 6.07) is 12.0. The molecule has 4 heteroatoms. The maximum Gasteiger partial charge on any atom is 0.220 e. The number of aromatic nitrogens is 1. The molecule has 1 atom stereocenters. The van der Waals surface area contributed by atoms with Crippen LogP contribution in [0.5, 0.6) is 0 Å². The smallest absolute Gasteiger partial charge is 0.220 e. The lowest BCUT2D eigenvalue weighted by atomic mass is 10.0. The van der Waals surface area contributed by atoms with Crippen LogP contribution in [0.25, 0.3) is 0 Å². The van der Waals surface area contributed by atoms with Gasteiger partial charge in [-0.3, -0.25) is 9.78 Å². The number of benzene rings is 1. The first kappa shape index (κ1) is 15.7. The minimum absolute atomic E-state index is 0.0690. The van der Waals surface area contributed by atoms with Gasteiger partial charge in [-0.25, -0.2) is 0 Å². The van der Waals surface area contributed by atoms with Crippen LogP contribution in [0.1, 0.15) is 36.9 Å². The van der Waals surface area contributed by atoms with Gasteiger partial charge < -0.3 is 5.32 Å². The summed E-state index contributed by atoms with van der Waals surface area (Å²) in [5.74, 6) is 0.0774. The van der Waals surface area contributed by atoms with E-state index in [1.165, 1.54) is 0 Å². The first-order valence-electron chi connectivity index (χ1n) is 7.12. The zero-order chi connectivity index (χ0) is 15.1. The number of rotatable bonds is 6. The molecule has 1 N–H and O–H groups in total. The minimum atomic E-state index is 0.0690. The molecule has 0 radical (unpaired) electrons. The van der Waals surface area contributed by atoms with Crippen LogP contribution in [0, 0.1) is 0 Å². The Morgan fingerprint density at radius 2 is 2.05 bits per heavy atom. The first-order valence-corrected chi connectivity index (χ1v) is 7.92. The SMILES string of the molecule is CCC(NC(=O)CCc1cccnc1)c1ccc(Br)cc1. The normalized spacial score (nSPS) is 11.9. The first-order chi connectivity index (χ1) is 10.2. The number of hydrogen-bond donors (Lipinski definition) is 1. The third-order valence-corrected chi connectivity index (χ3v) is 3.91. The largest absolute Gasteiger partial charge is 0.349 e. The molecule has 1 aromatic heterocycles. The van der Waals surface area contributed by atoms with Gasteiger partial charge in [0.2, 0.25) is 5.91 Å². The molecule has 110 valence electrons. The Morgan fingerprint density at radius 3 is 2.67 bits per heavy atom. The van der Waals surface area contributed by atoms with Crippen LogP contribution in [0.4, 0.5) is 0 Å². The topological polar surface area (TPSA) is 42.0 Å². The van der Waals surface area contributed by atoms with Crippen LogP contribution in [-0.2, 0) is 11.2 Å². The van der Waals surface area contributed by atoms with E-state index in [0.29, 0.717) is 6.42 Å². The predicted molar refractivity (Wildman–Crippen MR) is 87.9 cm³/mol. The maximum atomic E-state index is 12.1. The van der Waals surface area contributed by atoms with E-state index in [-0.39, 0.29) is 11.9 Å². The summed E-state index contributed by atoms with van der Waals surface area (Å²) in [4.78, 5) is 16.1. The lowest BCUT2D eigenvalue weighted by Gasteiger charge is -2.17. The quantitative estimate of drug-likeness (QED) is 0.857. The highest BCUT2D eigenvalue weighted by molar-refractivity contribution is 9.10. The van der Waals surface area contributed by atoms with Crippen molar-refractivity contribution in [3.8, 4) is 0 Å². The summed E-state index contributed by atoms with van der Waals surface area (Å²) in [5.41, 5.74) is 2.22. The van der Waals surface area contributed by atoms with Gasteiger partial charge in [0.05, 0.1) is 6.04 Å². The summed E-state index contributed by atoms with van der Waals surface area (Å²) in [6.45, 7) is 2.08. The second kappa shape index (κ2) is 7.93. The fraction of sp³-hybridized carbons (Fsp3) is 0.294. The molecule has 0 fully saturated rings. The number of halogens is 1. The van der Waals surface area contributed by atoms with Crippen molar-refractivity contribution >= 4 is 21.8 Å². The van der Waals surface area contributed by atoms with Crippen molar-refractivity contribution in [3.63, 3.8) is 0 Å². The van der Waals surface area contributed by atoms with E-state index >= 15 is 0 Å². The van der Waals surface area contributed by atoms with Crippen molar-refractivity contribution in [1.29, 1.82) is 0 Å². The lowest BCUT2D eigenvalue weighted by molar-refractivity contribution is -0.121. The molecule has 1 heterocycles. The zero-order valence-corrected chi connectivity index (χ0v) is 13.6. The van der Waals surface area contributed by atoms with Crippen molar-refractivity contribution in [1.82, 2.24) is 10.3 Å². The molecule has 21 heavy (non-hydrogen) atoms. The third-order valence-electron chi connectivity index (χ3n) is 3.38. The number of hydrogen-bond acceptors (Lipinski definition) is 2. The molecule has 1 unspecified atom stereocenters. The van der Waals surface area contributed by atoms with Gasteiger partial charge in [-0.15, -0.1) is 0 Å². The van der Waals surface area contributed by atoms with Gasteiger partial charge in [-0.05, 0) is 42.2 Å². The Balaban J connectivity index is 1.89. The standard InChI is InChI=1S/C17H19BrN2O/c1-2-16(14-6-8-15(18)9-7-14)20-17(21)10-5-13-4-3-11-19-12-13/h3-4,6-9,11-12,16H,2,5,10H2,1H3,(H,20,21). The molecule has 0 aliphatic rings. The van der Waals surface area contributed by atoms with E-state index in [2.05, 4.69) is 33.2 Å². The minimum Gasteiger partial charge on any atom is -0.349 e. The Morgan fingerprint density at radius 1 is 1.29 bits per heavy atom. The number of nitrogens with zero attached hydrogens (tertiary/aromatic N) is 1. The Labute approximate surface area is 133 Å². The van der Waals surface area contributed by atoms with Crippen LogP contribution in [-0.4, -0.2) is 10.9 Å². The van der Waals surface area contributed by atoms with E-state index in [0.717, 1.165) is 28.4 Å². The number of carbonyl (C=O) groups is 1. The van der Waals surface area contributed by atoms with E-state index in [1.807, 2.05) is 36.4 Å². The second-order valence-corrected chi connectivity index (χ2v) is 5.86. The molecule has 3 nitrogen and oxygen atoms in total. The summed E-state index contributed by atoms with van der Waals surface area (Å²) < 4.78 is 1.05. The fourth-order valence-electron chi connectivity index (χ4n) is 2.19. The van der Waals surface area contributed by atoms with Gasteiger partial charge >= 0.3 is 0 Å². The molecule has 1 amide bonds. The zero-order valence-electron chi connectivity index (χ0n) is 12.1. The van der Waals surface area contributed by atoms with E-state index < -0.39 is 0 Å². The molecule has 1 aromatic carbocycles. The number of carbonyl (C=O) groups excluding carboxylic acids is 1. The van der Waals surface area contributed by atoms with Gasteiger partial charge in [0, 0.05) is 23.3 Å². The van der Waals surface area contributed by atoms with Crippen molar-refractivity contribution in [2.75, 3.05) is 0 Å². The van der Waals surface area contributed by atoms with Gasteiger partial charge in [0.15, 0.2) is 0 Å². The predicted octanol–water partition coefficient (Wildman–Crippen LogP) is 4.04. The third kappa shape index (κ3) is 4.97. The second-order valence-electron chi connectivity index (χ2n) is 4.94. The summed E-state index contributed by atoms with van der Waals surface area (Å²) in [5, 5.41) is 3.10. The van der Waals surface area contributed by atoms with Crippen LogP contribution < -0.4 is 5.32 Å². The summed E-state index contributed by atoms with van der Waals surface area (Å²) in [6.07, 6.45) is 5.62. The maximum absolute atomic E-state index is 12.1. The number of nitrogens with one attached hydrogen (secondary N) is 1. The highest BCUT2D eigenvalue weighted by atomic mass is 79.9. The molecule has 2 rings (SSSR count). The van der Waals surface area contributed by atoms with Crippen LogP contribution in [0.15, 0.2) is 53.3 Å². The Bertz CT molecular complexity index is 569. The molecule has 0 bridgehead atoms. The average Bonchev–Trinajstić information content (AvgIpc) is 2.52. The van der Waals surface area contributed by atoms with E-state index in [9.17, 15) is 4.79 Å². The van der Waals surface area contributed by atoms with Gasteiger partial charge in [0.1, 0.15) is 0 Å². The molecule has 0 aliphatic carbocycles. The summed E-state index contributed by atoms with van der Waals surface area (Å²) in [7, 11) is 0. The number of aryl methyl sites for hydroxylation is 1. The monoisotopic (exact) mass is 346 g/mol. The fourth-order valence-corrected chi connectivity index (χ4v) is 2.45. The van der Waals surface area contributed by atoms with Crippen molar-refractivity contribution in [3.05, 3.63) is 64.4 Å². The van der Waals surface area contributed by atoms with Crippen LogP contribution in [0.3, 0.4) is 0 Å². The molecule has 2 aromatic rings. The van der Waals surface area contributed by atoms with Gasteiger partial charge in [-0.2, -0.15) is 0 Å². The van der Waals surface area contributed by atoms with E-state index in [1.54, 1.807) is 12.4 Å². The Kier molecular flexibility index (Phi) is 5.93. The number of pyridine rings is 1. The lowest BCUT2D eigenvalue weighted by Crippen LogP contribution is -2.28. The molecule has 0 spiro atoms. The highest BCUT2D eigenvalue weighted by Gasteiger charge is 2.12. The van der Waals surface area contributed by atoms with Gasteiger partial charge in [0.25, 0.3) is 0 Å². The van der Waals surface area contributed by atoms with Crippen molar-refractivity contribution < 1.29 is 4.79 Å². The highest BCUT2D eigenvalue weighted by Crippen LogP contribution is 2.19. The van der Waals surface area contributed by atoms with E-state index in [4.69, 9.17) is 0 Å². The van der Waals surface area contributed by atoms with Gasteiger partial charge in [-0.1, -0.05) is 41.1 Å².